The highest BCUT2D eigenvalue weighted by Crippen LogP contribution is 2.03. The zero-order chi connectivity index (χ0) is 12.5. The molecule has 0 aromatic heterocycles. The molecule has 0 unspecified atom stereocenters. The fourth-order valence-corrected chi connectivity index (χ4v) is 1.27. The largest absolute Gasteiger partial charge is 0.355 e. The van der Waals surface area contributed by atoms with Gasteiger partial charge in [-0.25, -0.2) is 19.4 Å². The van der Waals surface area contributed by atoms with Crippen molar-refractivity contribution in [1.29, 1.82) is 0 Å². The van der Waals surface area contributed by atoms with Gasteiger partial charge in [0.2, 0.25) is 0 Å². The van der Waals surface area contributed by atoms with Crippen molar-refractivity contribution in [3.05, 3.63) is 35.9 Å². The van der Waals surface area contributed by atoms with E-state index in [9.17, 15) is 9.59 Å². The van der Waals surface area contributed by atoms with Gasteiger partial charge in [0.1, 0.15) is 0 Å². The monoisotopic (exact) mass is 236 g/mol. The highest BCUT2D eigenvalue weighted by molar-refractivity contribution is 5.72. The van der Waals surface area contributed by atoms with Gasteiger partial charge in [-0.3, -0.25) is 0 Å². The fraction of sp³-hybridized carbons (Fsp3) is 0.385. The molecule has 4 heteroatoms. The minimum Gasteiger partial charge on any atom is -0.247 e. The van der Waals surface area contributed by atoms with Crippen molar-refractivity contribution in [3.8, 4) is 0 Å². The molecule has 0 heterocycles. The van der Waals surface area contributed by atoms with Crippen LogP contribution in [0.2, 0.25) is 0 Å². The van der Waals surface area contributed by atoms with Gasteiger partial charge in [-0.05, 0) is 18.4 Å². The van der Waals surface area contributed by atoms with Crippen LogP contribution in [0, 0.1) is 0 Å². The molecule has 0 saturated heterocycles. The van der Waals surface area contributed by atoms with Crippen LogP contribution in [0.3, 0.4) is 0 Å². The lowest BCUT2D eigenvalue weighted by Gasteiger charge is -2.02. The van der Waals surface area contributed by atoms with E-state index < -0.39 is 11.9 Å². The first-order valence-corrected chi connectivity index (χ1v) is 5.66. The molecule has 0 saturated carbocycles. The van der Waals surface area contributed by atoms with E-state index in [1.165, 1.54) is 0 Å². The van der Waals surface area contributed by atoms with Crippen molar-refractivity contribution < 1.29 is 19.4 Å². The van der Waals surface area contributed by atoms with Gasteiger partial charge in [0, 0.05) is 6.42 Å². The molecule has 0 aliphatic rings. The third kappa shape index (κ3) is 5.70. The maximum absolute atomic E-state index is 11.2. The molecule has 0 radical (unpaired) electrons. The maximum Gasteiger partial charge on any atom is 0.355 e. The molecule has 1 aromatic rings. The van der Waals surface area contributed by atoms with Crippen LogP contribution in [0.15, 0.2) is 30.3 Å². The van der Waals surface area contributed by atoms with Crippen molar-refractivity contribution in [2.24, 2.45) is 0 Å². The van der Waals surface area contributed by atoms with Crippen molar-refractivity contribution in [2.45, 2.75) is 32.6 Å². The summed E-state index contributed by atoms with van der Waals surface area (Å²) in [6.07, 6.45) is 1.70. The molecule has 0 spiro atoms. The molecule has 17 heavy (non-hydrogen) atoms. The summed E-state index contributed by atoms with van der Waals surface area (Å²) >= 11 is 0. The van der Waals surface area contributed by atoms with Gasteiger partial charge in [-0.15, -0.1) is 0 Å². The van der Waals surface area contributed by atoms with Gasteiger partial charge in [0.05, 0.1) is 6.42 Å². The van der Waals surface area contributed by atoms with Crippen molar-refractivity contribution in [1.82, 2.24) is 0 Å². The molecule has 4 nitrogen and oxygen atoms in total. The van der Waals surface area contributed by atoms with Crippen LogP contribution >= 0.6 is 0 Å². The topological polar surface area (TPSA) is 52.6 Å². The Balaban J connectivity index is 2.20. The minimum absolute atomic E-state index is 0.198. The Labute approximate surface area is 100 Å². The van der Waals surface area contributed by atoms with Gasteiger partial charge in [0.25, 0.3) is 0 Å². The third-order valence-corrected chi connectivity index (χ3v) is 2.14. The van der Waals surface area contributed by atoms with Gasteiger partial charge in [-0.2, -0.15) is 0 Å². The molecule has 0 N–H and O–H groups in total. The van der Waals surface area contributed by atoms with Crippen LogP contribution in [-0.4, -0.2) is 11.9 Å². The second kappa shape index (κ2) is 7.44. The summed E-state index contributed by atoms with van der Waals surface area (Å²) in [7, 11) is 0. The molecule has 0 bridgehead atoms. The van der Waals surface area contributed by atoms with E-state index in [-0.39, 0.29) is 12.8 Å². The predicted octanol–water partition coefficient (Wildman–Crippen LogP) is 2.42. The number of hydrogen-bond acceptors (Lipinski definition) is 4. The van der Waals surface area contributed by atoms with E-state index in [2.05, 4.69) is 9.78 Å². The van der Waals surface area contributed by atoms with E-state index in [4.69, 9.17) is 0 Å². The fourth-order valence-electron chi connectivity index (χ4n) is 1.27. The summed E-state index contributed by atoms with van der Waals surface area (Å²) in [5.41, 5.74) is 1.05. The highest BCUT2D eigenvalue weighted by atomic mass is 17.2. The Hall–Kier alpha value is -1.84. The van der Waals surface area contributed by atoms with Crippen LogP contribution < -0.4 is 0 Å². The molecule has 1 rings (SSSR count). The summed E-state index contributed by atoms with van der Waals surface area (Å²) in [4.78, 5) is 30.9. The van der Waals surface area contributed by atoms with E-state index in [1.807, 2.05) is 37.3 Å². The Morgan fingerprint density at radius 3 is 2.18 bits per heavy atom. The molecular weight excluding hydrogens is 220 g/mol. The highest BCUT2D eigenvalue weighted by Gasteiger charge is 2.08. The summed E-state index contributed by atoms with van der Waals surface area (Å²) in [6, 6.07) is 9.57. The Bertz CT molecular complexity index is 359. The predicted molar refractivity (Wildman–Crippen MR) is 61.9 cm³/mol. The Morgan fingerprint density at radius 1 is 1.00 bits per heavy atom. The van der Waals surface area contributed by atoms with E-state index >= 15 is 0 Å². The first kappa shape index (κ1) is 13.2. The van der Waals surface area contributed by atoms with E-state index in [0.717, 1.165) is 5.56 Å². The van der Waals surface area contributed by atoms with Crippen molar-refractivity contribution in [3.63, 3.8) is 0 Å². The summed E-state index contributed by atoms with van der Waals surface area (Å²) < 4.78 is 0. The lowest BCUT2D eigenvalue weighted by molar-refractivity contribution is -0.259. The lowest BCUT2D eigenvalue weighted by atomic mass is 10.1. The van der Waals surface area contributed by atoms with Crippen LogP contribution in [0.25, 0.3) is 0 Å². The zero-order valence-electron chi connectivity index (χ0n) is 9.85. The number of rotatable bonds is 5. The average molecular weight is 236 g/mol. The first-order valence-electron chi connectivity index (χ1n) is 5.66. The molecular formula is C13H16O4. The second-order valence-electron chi connectivity index (χ2n) is 3.65. The number of hydrogen-bond donors (Lipinski definition) is 0. The molecule has 0 aliphatic carbocycles. The number of carbonyl (C=O) groups is 2. The van der Waals surface area contributed by atoms with Crippen LogP contribution in [0.1, 0.15) is 31.7 Å². The second-order valence-corrected chi connectivity index (χ2v) is 3.65. The molecule has 0 amide bonds. The lowest BCUT2D eigenvalue weighted by Crippen LogP contribution is -2.11. The summed E-state index contributed by atoms with van der Waals surface area (Å²) in [6.45, 7) is 1.85. The number of carbonyl (C=O) groups excluding carboxylic acids is 2. The van der Waals surface area contributed by atoms with Crippen molar-refractivity contribution >= 4 is 11.9 Å². The molecule has 0 atom stereocenters. The average Bonchev–Trinajstić information content (AvgIpc) is 2.35. The third-order valence-electron chi connectivity index (χ3n) is 2.14. The molecule has 0 aliphatic heterocycles. The van der Waals surface area contributed by atoms with Gasteiger partial charge < -0.3 is 0 Å². The maximum atomic E-state index is 11.2. The van der Waals surface area contributed by atoms with E-state index in [0.29, 0.717) is 12.8 Å². The van der Waals surface area contributed by atoms with Crippen LogP contribution in [0.4, 0.5) is 0 Å². The van der Waals surface area contributed by atoms with Crippen LogP contribution in [-0.2, 0) is 25.8 Å². The summed E-state index contributed by atoms with van der Waals surface area (Å²) in [5.74, 6) is -1.04. The zero-order valence-corrected chi connectivity index (χ0v) is 9.85. The minimum atomic E-state index is -0.529. The normalized spacial score (nSPS) is 9.71. The standard InChI is InChI=1S/C13H16O4/c1-2-6-12(14)16-17-13(15)10-9-11-7-4-3-5-8-11/h3-5,7-8H,2,6,9-10H2,1H3. The van der Waals surface area contributed by atoms with Gasteiger partial charge >= 0.3 is 11.9 Å². The molecule has 1 aromatic carbocycles. The summed E-state index contributed by atoms with van der Waals surface area (Å²) in [5, 5.41) is 0. The molecule has 92 valence electrons. The number of benzene rings is 1. The van der Waals surface area contributed by atoms with Crippen molar-refractivity contribution in [2.75, 3.05) is 0 Å². The molecule has 0 fully saturated rings. The van der Waals surface area contributed by atoms with Gasteiger partial charge in [-0.1, -0.05) is 37.3 Å². The first-order chi connectivity index (χ1) is 8.22. The Morgan fingerprint density at radius 2 is 1.59 bits per heavy atom. The number of aryl methyl sites for hydroxylation is 1. The van der Waals surface area contributed by atoms with Gasteiger partial charge in [0.15, 0.2) is 0 Å². The SMILES string of the molecule is CCCC(=O)OOC(=O)CCc1ccccc1. The quantitative estimate of drug-likeness (QED) is 0.582. The smallest absolute Gasteiger partial charge is 0.247 e. The van der Waals surface area contributed by atoms with E-state index in [1.54, 1.807) is 0 Å². The Kier molecular flexibility index (Phi) is 5.79. The van der Waals surface area contributed by atoms with Crippen LogP contribution in [0.5, 0.6) is 0 Å².